The summed E-state index contributed by atoms with van der Waals surface area (Å²) in [6.07, 6.45) is 2.15. The van der Waals surface area contributed by atoms with Crippen molar-refractivity contribution >= 4 is 11.8 Å². The van der Waals surface area contributed by atoms with Gasteiger partial charge in [0.25, 0.3) is 0 Å². The summed E-state index contributed by atoms with van der Waals surface area (Å²) < 4.78 is 5.47. The number of benzene rings is 1. The van der Waals surface area contributed by atoms with Gasteiger partial charge in [0.1, 0.15) is 0 Å². The van der Waals surface area contributed by atoms with Crippen LogP contribution in [0.5, 0.6) is 0 Å². The number of hydrogen-bond acceptors (Lipinski definition) is 3. The molecule has 2 rings (SSSR count). The molecule has 1 aliphatic rings. The lowest BCUT2D eigenvalue weighted by Gasteiger charge is -2.22. The Hall–Kier alpha value is -1.88. The number of nitrogens with zero attached hydrogens (tertiary/aromatic N) is 1. The zero-order chi connectivity index (χ0) is 15.9. The molecule has 0 saturated carbocycles. The Morgan fingerprint density at radius 2 is 2.14 bits per heavy atom. The minimum atomic E-state index is -0.140. The minimum Gasteiger partial charge on any atom is -0.376 e. The number of ether oxygens (including phenoxy) is 1. The number of aryl methyl sites for hydroxylation is 1. The average molecular weight is 304 g/mol. The second kappa shape index (κ2) is 7.94. The normalized spacial score (nSPS) is 17.3. The smallest absolute Gasteiger partial charge is 0.239 e. The molecule has 0 bridgehead atoms. The molecular formula is C17H24N2O3. The van der Waals surface area contributed by atoms with Crippen LogP contribution in [0.1, 0.15) is 30.9 Å². The molecule has 1 aliphatic heterocycles. The van der Waals surface area contributed by atoms with E-state index in [2.05, 4.69) is 5.32 Å². The van der Waals surface area contributed by atoms with Crippen molar-refractivity contribution in [1.82, 2.24) is 10.2 Å². The summed E-state index contributed by atoms with van der Waals surface area (Å²) in [5.74, 6) is -0.241. The van der Waals surface area contributed by atoms with Gasteiger partial charge in [0.2, 0.25) is 11.8 Å². The van der Waals surface area contributed by atoms with E-state index in [0.717, 1.165) is 30.6 Å². The lowest BCUT2D eigenvalue weighted by molar-refractivity contribution is -0.135. The standard InChI is InChI=1S/C17H24N2O3/c1-13-6-3-4-7-15(13)11-19(14(2)20)12-17(21)18-10-16-8-5-9-22-16/h3-4,6-7,16H,5,8-12H2,1-2H3,(H,18,21). The first-order chi connectivity index (χ1) is 10.6. The molecule has 0 radical (unpaired) electrons. The molecule has 0 spiro atoms. The van der Waals surface area contributed by atoms with E-state index < -0.39 is 0 Å². The number of rotatable bonds is 6. The first-order valence-electron chi connectivity index (χ1n) is 7.74. The Bertz CT molecular complexity index is 524. The van der Waals surface area contributed by atoms with Crippen molar-refractivity contribution in [2.75, 3.05) is 19.7 Å². The lowest BCUT2D eigenvalue weighted by Crippen LogP contribution is -2.41. The van der Waals surface area contributed by atoms with Crippen LogP contribution >= 0.6 is 0 Å². The SMILES string of the molecule is CC(=O)N(CC(=O)NCC1CCCO1)Cc1ccccc1C. The van der Waals surface area contributed by atoms with Gasteiger partial charge in [0.05, 0.1) is 12.6 Å². The highest BCUT2D eigenvalue weighted by Crippen LogP contribution is 2.12. The second-order valence-corrected chi connectivity index (χ2v) is 5.74. The largest absolute Gasteiger partial charge is 0.376 e. The fourth-order valence-corrected chi connectivity index (χ4v) is 2.53. The molecule has 5 heteroatoms. The van der Waals surface area contributed by atoms with E-state index in [1.807, 2.05) is 31.2 Å². The van der Waals surface area contributed by atoms with Crippen molar-refractivity contribution in [3.8, 4) is 0 Å². The quantitative estimate of drug-likeness (QED) is 0.869. The van der Waals surface area contributed by atoms with E-state index in [9.17, 15) is 9.59 Å². The van der Waals surface area contributed by atoms with Gasteiger partial charge in [-0.25, -0.2) is 0 Å². The van der Waals surface area contributed by atoms with E-state index in [4.69, 9.17) is 4.74 Å². The fourth-order valence-electron chi connectivity index (χ4n) is 2.53. The van der Waals surface area contributed by atoms with Gasteiger partial charge < -0.3 is 15.0 Å². The Morgan fingerprint density at radius 1 is 1.36 bits per heavy atom. The molecule has 1 heterocycles. The summed E-state index contributed by atoms with van der Waals surface area (Å²) in [5, 5.41) is 2.85. The Labute approximate surface area is 131 Å². The molecule has 120 valence electrons. The predicted molar refractivity (Wildman–Crippen MR) is 84.3 cm³/mol. The summed E-state index contributed by atoms with van der Waals surface area (Å²) in [7, 11) is 0. The van der Waals surface area contributed by atoms with Crippen LogP contribution in [0.2, 0.25) is 0 Å². The first kappa shape index (κ1) is 16.5. The van der Waals surface area contributed by atoms with Crippen molar-refractivity contribution in [3.63, 3.8) is 0 Å². The van der Waals surface area contributed by atoms with Gasteiger partial charge in [-0.05, 0) is 30.9 Å². The Morgan fingerprint density at radius 3 is 2.77 bits per heavy atom. The van der Waals surface area contributed by atoms with Crippen LogP contribution in [0.15, 0.2) is 24.3 Å². The van der Waals surface area contributed by atoms with Gasteiger partial charge in [0, 0.05) is 26.6 Å². The third-order valence-corrected chi connectivity index (χ3v) is 3.95. The maximum Gasteiger partial charge on any atom is 0.239 e. The minimum absolute atomic E-state index is 0.0797. The van der Waals surface area contributed by atoms with Gasteiger partial charge in [-0.3, -0.25) is 9.59 Å². The van der Waals surface area contributed by atoms with Crippen LogP contribution in [0.25, 0.3) is 0 Å². The van der Waals surface area contributed by atoms with E-state index in [0.29, 0.717) is 13.1 Å². The van der Waals surface area contributed by atoms with Crippen molar-refractivity contribution in [3.05, 3.63) is 35.4 Å². The van der Waals surface area contributed by atoms with Gasteiger partial charge in [-0.15, -0.1) is 0 Å². The third-order valence-electron chi connectivity index (χ3n) is 3.95. The molecule has 22 heavy (non-hydrogen) atoms. The zero-order valence-electron chi connectivity index (χ0n) is 13.3. The highest BCUT2D eigenvalue weighted by Gasteiger charge is 2.18. The molecule has 0 aliphatic carbocycles. The zero-order valence-corrected chi connectivity index (χ0v) is 13.3. The van der Waals surface area contributed by atoms with Gasteiger partial charge >= 0.3 is 0 Å². The van der Waals surface area contributed by atoms with E-state index in [-0.39, 0.29) is 24.5 Å². The average Bonchev–Trinajstić information content (AvgIpc) is 3.00. The number of carbonyl (C=O) groups excluding carboxylic acids is 2. The van der Waals surface area contributed by atoms with Gasteiger partial charge in [-0.2, -0.15) is 0 Å². The van der Waals surface area contributed by atoms with Crippen LogP contribution in [0.3, 0.4) is 0 Å². The van der Waals surface area contributed by atoms with Crippen LogP contribution < -0.4 is 5.32 Å². The fraction of sp³-hybridized carbons (Fsp3) is 0.529. The molecule has 1 fully saturated rings. The summed E-state index contributed by atoms with van der Waals surface area (Å²) in [4.78, 5) is 25.4. The van der Waals surface area contributed by atoms with E-state index in [1.165, 1.54) is 6.92 Å². The van der Waals surface area contributed by atoms with Crippen LogP contribution in [-0.2, 0) is 20.9 Å². The van der Waals surface area contributed by atoms with Crippen molar-refractivity contribution in [1.29, 1.82) is 0 Å². The van der Waals surface area contributed by atoms with Crippen molar-refractivity contribution < 1.29 is 14.3 Å². The number of nitrogens with one attached hydrogen (secondary N) is 1. The highest BCUT2D eigenvalue weighted by molar-refractivity contribution is 5.83. The molecule has 5 nitrogen and oxygen atoms in total. The van der Waals surface area contributed by atoms with E-state index in [1.54, 1.807) is 4.90 Å². The maximum atomic E-state index is 12.0. The number of carbonyl (C=O) groups is 2. The van der Waals surface area contributed by atoms with E-state index >= 15 is 0 Å². The summed E-state index contributed by atoms with van der Waals surface area (Å²) in [6.45, 7) is 5.32. The summed E-state index contributed by atoms with van der Waals surface area (Å²) in [5.41, 5.74) is 2.18. The molecular weight excluding hydrogens is 280 g/mol. The van der Waals surface area contributed by atoms with Crippen molar-refractivity contribution in [2.24, 2.45) is 0 Å². The molecule has 0 aromatic heterocycles. The molecule has 2 amide bonds. The van der Waals surface area contributed by atoms with Crippen LogP contribution in [0, 0.1) is 6.92 Å². The summed E-state index contributed by atoms with van der Waals surface area (Å²) >= 11 is 0. The van der Waals surface area contributed by atoms with Crippen LogP contribution in [-0.4, -0.2) is 42.5 Å². The first-order valence-corrected chi connectivity index (χ1v) is 7.74. The molecule has 1 saturated heterocycles. The highest BCUT2D eigenvalue weighted by atomic mass is 16.5. The topological polar surface area (TPSA) is 58.6 Å². The lowest BCUT2D eigenvalue weighted by atomic mass is 10.1. The third kappa shape index (κ3) is 4.84. The molecule has 1 atom stereocenters. The number of hydrogen-bond donors (Lipinski definition) is 1. The predicted octanol–water partition coefficient (Wildman–Crippen LogP) is 1.64. The molecule has 1 aromatic carbocycles. The Balaban J connectivity index is 1.86. The van der Waals surface area contributed by atoms with Crippen LogP contribution in [0.4, 0.5) is 0 Å². The molecule has 1 N–H and O–H groups in total. The molecule has 1 aromatic rings. The second-order valence-electron chi connectivity index (χ2n) is 5.74. The monoisotopic (exact) mass is 304 g/mol. The summed E-state index contributed by atoms with van der Waals surface area (Å²) in [6, 6.07) is 7.89. The molecule has 1 unspecified atom stereocenters. The number of amides is 2. The van der Waals surface area contributed by atoms with Crippen molar-refractivity contribution in [2.45, 2.75) is 39.3 Å². The Kier molecular flexibility index (Phi) is 5.95. The maximum absolute atomic E-state index is 12.0. The van der Waals surface area contributed by atoms with Gasteiger partial charge in [0.15, 0.2) is 0 Å². The van der Waals surface area contributed by atoms with Gasteiger partial charge in [-0.1, -0.05) is 24.3 Å².